The number of carboxylic acids is 1. The minimum atomic E-state index is -0.924. The fourth-order valence-corrected chi connectivity index (χ4v) is 1.83. The molecule has 0 saturated carbocycles. The van der Waals surface area contributed by atoms with E-state index < -0.39 is 5.97 Å². The molecule has 18 heavy (non-hydrogen) atoms. The van der Waals surface area contributed by atoms with Crippen molar-refractivity contribution >= 4 is 23.6 Å². The fourth-order valence-electron chi connectivity index (χ4n) is 1.44. The highest BCUT2D eigenvalue weighted by molar-refractivity contribution is 7.98. The van der Waals surface area contributed by atoms with Crippen LogP contribution in [0.15, 0.2) is 24.3 Å². The molecule has 0 fully saturated rings. The summed E-state index contributed by atoms with van der Waals surface area (Å²) in [4.78, 5) is 22.0. The Balaban J connectivity index is 2.31. The molecule has 0 spiro atoms. The van der Waals surface area contributed by atoms with Crippen molar-refractivity contribution in [3.63, 3.8) is 0 Å². The van der Waals surface area contributed by atoms with Gasteiger partial charge in [0, 0.05) is 18.7 Å². The number of hydrogen-bond donors (Lipinski definition) is 2. The molecule has 2 N–H and O–H groups in total. The van der Waals surface area contributed by atoms with E-state index >= 15 is 0 Å². The number of nitrogens with one attached hydrogen (secondary N) is 1. The van der Waals surface area contributed by atoms with E-state index in [-0.39, 0.29) is 11.5 Å². The molecule has 4 nitrogen and oxygen atoms in total. The number of thioether (sulfide) groups is 1. The number of carboxylic acid groups (broad SMARTS) is 1. The quantitative estimate of drug-likeness (QED) is 0.790. The van der Waals surface area contributed by atoms with E-state index in [4.69, 9.17) is 5.11 Å². The van der Waals surface area contributed by atoms with Crippen LogP contribution in [-0.4, -0.2) is 35.5 Å². The molecule has 0 unspecified atom stereocenters. The van der Waals surface area contributed by atoms with Crippen LogP contribution in [0.25, 0.3) is 0 Å². The maximum absolute atomic E-state index is 11.3. The maximum Gasteiger partial charge on any atom is 0.335 e. The molecule has 0 saturated heterocycles. The third kappa shape index (κ3) is 5.23. The number of rotatable bonds is 7. The average molecular weight is 267 g/mol. The highest BCUT2D eigenvalue weighted by atomic mass is 32.2. The van der Waals surface area contributed by atoms with Crippen LogP contribution in [-0.2, 0) is 11.2 Å². The zero-order valence-electron chi connectivity index (χ0n) is 10.3. The molecule has 0 heterocycles. The number of carbonyl (C=O) groups is 2. The Morgan fingerprint density at radius 2 is 1.94 bits per heavy atom. The van der Waals surface area contributed by atoms with Gasteiger partial charge in [-0.15, -0.1) is 0 Å². The van der Waals surface area contributed by atoms with Gasteiger partial charge in [-0.05, 0) is 30.4 Å². The van der Waals surface area contributed by atoms with E-state index in [9.17, 15) is 9.59 Å². The van der Waals surface area contributed by atoms with Crippen molar-refractivity contribution in [2.75, 3.05) is 18.6 Å². The van der Waals surface area contributed by atoms with Crippen molar-refractivity contribution in [2.24, 2.45) is 0 Å². The molecule has 5 heteroatoms. The zero-order valence-corrected chi connectivity index (χ0v) is 11.1. The lowest BCUT2D eigenvalue weighted by molar-refractivity contribution is -0.120. The Morgan fingerprint density at radius 3 is 2.50 bits per heavy atom. The van der Waals surface area contributed by atoms with Gasteiger partial charge in [-0.2, -0.15) is 11.8 Å². The van der Waals surface area contributed by atoms with Crippen LogP contribution in [0.4, 0.5) is 0 Å². The molecule has 1 amide bonds. The summed E-state index contributed by atoms with van der Waals surface area (Å²) in [5.74, 6) is -0.0301. The second kappa shape index (κ2) is 7.76. The average Bonchev–Trinajstić information content (AvgIpc) is 2.37. The van der Waals surface area contributed by atoms with Crippen LogP contribution in [0.2, 0.25) is 0 Å². The van der Waals surface area contributed by atoms with Gasteiger partial charge in [0.15, 0.2) is 0 Å². The van der Waals surface area contributed by atoms with Gasteiger partial charge in [0.05, 0.1) is 5.56 Å². The Kier molecular flexibility index (Phi) is 6.28. The normalized spacial score (nSPS) is 10.1. The van der Waals surface area contributed by atoms with Crippen LogP contribution >= 0.6 is 11.8 Å². The van der Waals surface area contributed by atoms with Gasteiger partial charge in [0.2, 0.25) is 5.91 Å². The molecule has 0 aliphatic heterocycles. The third-order valence-corrected chi connectivity index (χ3v) is 3.08. The first-order chi connectivity index (χ1) is 8.63. The molecule has 1 rings (SSSR count). The van der Waals surface area contributed by atoms with Crippen molar-refractivity contribution < 1.29 is 14.7 Å². The lowest BCUT2D eigenvalue weighted by Gasteiger charge is -2.05. The molecule has 0 bridgehead atoms. The van der Waals surface area contributed by atoms with Crippen molar-refractivity contribution in [1.29, 1.82) is 0 Å². The number of carbonyl (C=O) groups excluding carboxylic acids is 1. The maximum atomic E-state index is 11.3. The minimum Gasteiger partial charge on any atom is -0.478 e. The Labute approximate surface area is 111 Å². The Bertz CT molecular complexity index is 403. The molecular weight excluding hydrogens is 250 g/mol. The number of hydrogen-bond acceptors (Lipinski definition) is 3. The summed E-state index contributed by atoms with van der Waals surface area (Å²) in [7, 11) is 0. The summed E-state index contributed by atoms with van der Waals surface area (Å²) in [5.41, 5.74) is 1.30. The molecule has 0 aromatic heterocycles. The summed E-state index contributed by atoms with van der Waals surface area (Å²) >= 11 is 1.65. The fraction of sp³-hybridized carbons (Fsp3) is 0.385. The summed E-state index contributed by atoms with van der Waals surface area (Å²) in [6, 6.07) is 6.70. The van der Waals surface area contributed by atoms with E-state index in [1.54, 1.807) is 36.0 Å². The van der Waals surface area contributed by atoms with E-state index in [1.807, 2.05) is 6.26 Å². The second-order valence-electron chi connectivity index (χ2n) is 3.84. The summed E-state index contributed by atoms with van der Waals surface area (Å²) < 4.78 is 0. The zero-order chi connectivity index (χ0) is 13.4. The first-order valence-corrected chi connectivity index (χ1v) is 7.10. The molecule has 98 valence electrons. The largest absolute Gasteiger partial charge is 0.478 e. The molecule has 0 aliphatic rings. The van der Waals surface area contributed by atoms with E-state index in [0.29, 0.717) is 19.4 Å². The van der Waals surface area contributed by atoms with Gasteiger partial charge in [-0.1, -0.05) is 12.1 Å². The van der Waals surface area contributed by atoms with Crippen LogP contribution in [0.1, 0.15) is 22.3 Å². The van der Waals surface area contributed by atoms with Crippen molar-refractivity contribution in [1.82, 2.24) is 5.32 Å². The molecule has 0 aliphatic carbocycles. The minimum absolute atomic E-state index is 0.0616. The van der Waals surface area contributed by atoms with Gasteiger partial charge >= 0.3 is 5.97 Å². The topological polar surface area (TPSA) is 66.4 Å². The van der Waals surface area contributed by atoms with Gasteiger partial charge in [-0.25, -0.2) is 4.79 Å². The van der Waals surface area contributed by atoms with Gasteiger partial charge < -0.3 is 10.4 Å². The molecule has 0 atom stereocenters. The predicted molar refractivity (Wildman–Crippen MR) is 73.1 cm³/mol. The Morgan fingerprint density at radius 1 is 1.28 bits per heavy atom. The van der Waals surface area contributed by atoms with E-state index in [1.165, 1.54) is 0 Å². The van der Waals surface area contributed by atoms with Crippen LogP contribution in [0.5, 0.6) is 0 Å². The SMILES string of the molecule is CSCCC(=O)NCCc1ccc(C(=O)O)cc1. The highest BCUT2D eigenvalue weighted by Crippen LogP contribution is 2.04. The van der Waals surface area contributed by atoms with Crippen molar-refractivity contribution in [3.05, 3.63) is 35.4 Å². The molecule has 1 aromatic rings. The monoisotopic (exact) mass is 267 g/mol. The predicted octanol–water partition coefficient (Wildman–Crippen LogP) is 1.80. The lowest BCUT2D eigenvalue weighted by atomic mass is 10.1. The summed E-state index contributed by atoms with van der Waals surface area (Å²) in [6.45, 7) is 0.583. The molecule has 0 radical (unpaired) electrons. The standard InChI is InChI=1S/C13H17NO3S/c1-18-9-7-12(15)14-8-6-10-2-4-11(5-3-10)13(16)17/h2-5H,6-9H2,1H3,(H,14,15)(H,16,17). The molecule has 1 aromatic carbocycles. The third-order valence-electron chi connectivity index (χ3n) is 2.47. The smallest absolute Gasteiger partial charge is 0.335 e. The van der Waals surface area contributed by atoms with Crippen LogP contribution in [0, 0.1) is 0 Å². The number of amides is 1. The van der Waals surface area contributed by atoms with Gasteiger partial charge in [0.1, 0.15) is 0 Å². The summed E-state index contributed by atoms with van der Waals surface area (Å²) in [6.07, 6.45) is 3.22. The number of benzene rings is 1. The van der Waals surface area contributed by atoms with Crippen molar-refractivity contribution in [3.8, 4) is 0 Å². The van der Waals surface area contributed by atoms with Gasteiger partial charge in [0.25, 0.3) is 0 Å². The number of aromatic carboxylic acids is 1. The van der Waals surface area contributed by atoms with E-state index in [0.717, 1.165) is 11.3 Å². The first-order valence-electron chi connectivity index (χ1n) is 5.71. The lowest BCUT2D eigenvalue weighted by Crippen LogP contribution is -2.25. The van der Waals surface area contributed by atoms with Crippen LogP contribution < -0.4 is 5.32 Å². The van der Waals surface area contributed by atoms with E-state index in [2.05, 4.69) is 5.32 Å². The Hall–Kier alpha value is -1.49. The second-order valence-corrected chi connectivity index (χ2v) is 4.83. The summed E-state index contributed by atoms with van der Waals surface area (Å²) in [5, 5.41) is 11.6. The molecular formula is C13H17NO3S. The van der Waals surface area contributed by atoms with Crippen LogP contribution in [0.3, 0.4) is 0 Å². The first kappa shape index (κ1) is 14.6. The van der Waals surface area contributed by atoms with Gasteiger partial charge in [-0.3, -0.25) is 4.79 Å². The highest BCUT2D eigenvalue weighted by Gasteiger charge is 2.02. The van der Waals surface area contributed by atoms with Crippen molar-refractivity contribution in [2.45, 2.75) is 12.8 Å².